The SMILES string of the molecule is CCNc1nc(C2CCCOC2)ncc1Br. The highest BCUT2D eigenvalue weighted by Gasteiger charge is 2.19. The first kappa shape index (κ1) is 11.8. The molecule has 5 heteroatoms. The predicted molar refractivity (Wildman–Crippen MR) is 66.7 cm³/mol. The third-order valence-corrected chi connectivity index (χ3v) is 3.21. The molecule has 0 amide bonds. The van der Waals surface area contributed by atoms with E-state index in [-0.39, 0.29) is 0 Å². The molecule has 4 nitrogen and oxygen atoms in total. The Morgan fingerprint density at radius 2 is 2.50 bits per heavy atom. The van der Waals surface area contributed by atoms with Crippen molar-refractivity contribution in [3.8, 4) is 0 Å². The number of anilines is 1. The number of hydrogen-bond acceptors (Lipinski definition) is 4. The van der Waals surface area contributed by atoms with Crippen LogP contribution in [0, 0.1) is 0 Å². The van der Waals surface area contributed by atoms with Crippen LogP contribution in [-0.2, 0) is 4.74 Å². The van der Waals surface area contributed by atoms with Crippen molar-refractivity contribution in [3.63, 3.8) is 0 Å². The molecule has 1 aliphatic rings. The van der Waals surface area contributed by atoms with Crippen molar-refractivity contribution in [3.05, 3.63) is 16.5 Å². The Bertz CT molecular complexity index is 353. The second kappa shape index (κ2) is 5.59. The summed E-state index contributed by atoms with van der Waals surface area (Å²) in [6.07, 6.45) is 4.03. The van der Waals surface area contributed by atoms with Gasteiger partial charge in [-0.25, -0.2) is 9.97 Å². The van der Waals surface area contributed by atoms with E-state index in [2.05, 4.69) is 38.1 Å². The highest BCUT2D eigenvalue weighted by Crippen LogP contribution is 2.26. The maximum atomic E-state index is 5.45. The van der Waals surface area contributed by atoms with Crippen molar-refractivity contribution in [2.24, 2.45) is 0 Å². The van der Waals surface area contributed by atoms with Gasteiger partial charge in [-0.15, -0.1) is 0 Å². The zero-order valence-electron chi connectivity index (χ0n) is 9.37. The zero-order chi connectivity index (χ0) is 11.4. The molecule has 1 fully saturated rings. The molecule has 1 unspecified atom stereocenters. The van der Waals surface area contributed by atoms with Gasteiger partial charge in [-0.2, -0.15) is 0 Å². The molecule has 1 aliphatic heterocycles. The van der Waals surface area contributed by atoms with Crippen molar-refractivity contribution in [2.75, 3.05) is 25.1 Å². The monoisotopic (exact) mass is 285 g/mol. The van der Waals surface area contributed by atoms with E-state index < -0.39 is 0 Å². The number of nitrogens with one attached hydrogen (secondary N) is 1. The minimum atomic E-state index is 0.347. The number of halogens is 1. The van der Waals surface area contributed by atoms with Crippen LogP contribution < -0.4 is 5.32 Å². The van der Waals surface area contributed by atoms with Crippen LogP contribution in [0.3, 0.4) is 0 Å². The predicted octanol–water partition coefficient (Wildman–Crippen LogP) is 2.56. The molecule has 0 saturated carbocycles. The number of aromatic nitrogens is 2. The molecule has 0 aromatic carbocycles. The summed E-state index contributed by atoms with van der Waals surface area (Å²) in [5, 5.41) is 3.22. The number of hydrogen-bond donors (Lipinski definition) is 1. The van der Waals surface area contributed by atoms with E-state index in [1.807, 2.05) is 6.20 Å². The molecule has 0 bridgehead atoms. The fraction of sp³-hybridized carbons (Fsp3) is 0.636. The molecule has 0 aliphatic carbocycles. The Morgan fingerprint density at radius 3 is 3.19 bits per heavy atom. The van der Waals surface area contributed by atoms with Gasteiger partial charge >= 0.3 is 0 Å². The van der Waals surface area contributed by atoms with Gasteiger partial charge in [-0.3, -0.25) is 0 Å². The summed E-state index contributed by atoms with van der Waals surface area (Å²) < 4.78 is 6.37. The van der Waals surface area contributed by atoms with Gasteiger partial charge in [0.25, 0.3) is 0 Å². The number of rotatable bonds is 3. The normalized spacial score (nSPS) is 20.8. The molecule has 1 N–H and O–H groups in total. The fourth-order valence-corrected chi connectivity index (χ4v) is 2.14. The topological polar surface area (TPSA) is 47.0 Å². The largest absolute Gasteiger partial charge is 0.381 e. The van der Waals surface area contributed by atoms with E-state index >= 15 is 0 Å². The van der Waals surface area contributed by atoms with Gasteiger partial charge in [0.05, 0.1) is 11.1 Å². The van der Waals surface area contributed by atoms with Gasteiger partial charge in [0.1, 0.15) is 11.6 Å². The molecule has 0 spiro atoms. The molecule has 1 atom stereocenters. The first-order valence-electron chi connectivity index (χ1n) is 5.65. The third kappa shape index (κ3) is 2.71. The number of ether oxygens (including phenoxy) is 1. The highest BCUT2D eigenvalue weighted by atomic mass is 79.9. The van der Waals surface area contributed by atoms with Crippen LogP contribution in [0.25, 0.3) is 0 Å². The molecule has 0 radical (unpaired) electrons. The summed E-state index contributed by atoms with van der Waals surface area (Å²) >= 11 is 3.44. The maximum Gasteiger partial charge on any atom is 0.144 e. The van der Waals surface area contributed by atoms with E-state index in [4.69, 9.17) is 4.74 Å². The summed E-state index contributed by atoms with van der Waals surface area (Å²) in [7, 11) is 0. The summed E-state index contributed by atoms with van der Waals surface area (Å²) in [5.74, 6) is 2.11. The van der Waals surface area contributed by atoms with E-state index in [0.717, 1.165) is 48.7 Å². The Kier molecular flexibility index (Phi) is 4.12. The first-order valence-corrected chi connectivity index (χ1v) is 6.44. The lowest BCUT2D eigenvalue weighted by Gasteiger charge is -2.21. The summed E-state index contributed by atoms with van der Waals surface area (Å²) in [6, 6.07) is 0. The minimum absolute atomic E-state index is 0.347. The molecule has 1 aromatic rings. The molecule has 1 saturated heterocycles. The summed E-state index contributed by atoms with van der Waals surface area (Å²) in [5.41, 5.74) is 0. The van der Waals surface area contributed by atoms with Crippen LogP contribution in [0.1, 0.15) is 31.5 Å². The van der Waals surface area contributed by atoms with Crippen LogP contribution in [0.15, 0.2) is 10.7 Å². The van der Waals surface area contributed by atoms with Gasteiger partial charge in [-0.1, -0.05) is 0 Å². The Balaban J connectivity index is 2.17. The van der Waals surface area contributed by atoms with Gasteiger partial charge in [-0.05, 0) is 35.7 Å². The smallest absolute Gasteiger partial charge is 0.144 e. The average Bonchev–Trinajstić information content (AvgIpc) is 2.33. The standard InChI is InChI=1S/C11H16BrN3O/c1-2-13-11-9(12)6-14-10(15-11)8-4-3-5-16-7-8/h6,8H,2-5,7H2,1H3,(H,13,14,15). The fourth-order valence-electron chi connectivity index (χ4n) is 1.81. The Labute approximate surface area is 104 Å². The van der Waals surface area contributed by atoms with Gasteiger partial charge in [0, 0.05) is 25.3 Å². The molecule has 2 heterocycles. The summed E-state index contributed by atoms with van der Waals surface area (Å²) in [6.45, 7) is 4.52. The first-order chi connectivity index (χ1) is 7.81. The molecular weight excluding hydrogens is 270 g/mol. The summed E-state index contributed by atoms with van der Waals surface area (Å²) in [4.78, 5) is 8.90. The molecular formula is C11H16BrN3O. The lowest BCUT2D eigenvalue weighted by Crippen LogP contribution is -2.18. The number of nitrogens with zero attached hydrogens (tertiary/aromatic N) is 2. The van der Waals surface area contributed by atoms with Crippen molar-refractivity contribution in [2.45, 2.75) is 25.7 Å². The zero-order valence-corrected chi connectivity index (χ0v) is 11.0. The van der Waals surface area contributed by atoms with Crippen LogP contribution in [0.2, 0.25) is 0 Å². The average molecular weight is 286 g/mol. The van der Waals surface area contributed by atoms with Gasteiger partial charge in [0.2, 0.25) is 0 Å². The Morgan fingerprint density at radius 1 is 1.62 bits per heavy atom. The molecule has 16 heavy (non-hydrogen) atoms. The van der Waals surface area contributed by atoms with E-state index in [1.54, 1.807) is 0 Å². The molecule has 1 aromatic heterocycles. The quantitative estimate of drug-likeness (QED) is 0.927. The van der Waals surface area contributed by atoms with Crippen LogP contribution in [0.5, 0.6) is 0 Å². The van der Waals surface area contributed by atoms with Crippen LogP contribution >= 0.6 is 15.9 Å². The second-order valence-electron chi connectivity index (χ2n) is 3.87. The third-order valence-electron chi connectivity index (χ3n) is 2.63. The maximum absolute atomic E-state index is 5.45. The lowest BCUT2D eigenvalue weighted by atomic mass is 10.0. The van der Waals surface area contributed by atoms with Crippen molar-refractivity contribution in [1.29, 1.82) is 0 Å². The second-order valence-corrected chi connectivity index (χ2v) is 4.72. The van der Waals surface area contributed by atoms with E-state index in [0.29, 0.717) is 5.92 Å². The van der Waals surface area contributed by atoms with E-state index in [9.17, 15) is 0 Å². The molecule has 2 rings (SSSR count). The lowest BCUT2D eigenvalue weighted by molar-refractivity contribution is 0.0781. The van der Waals surface area contributed by atoms with Gasteiger partial charge in [0.15, 0.2) is 0 Å². The van der Waals surface area contributed by atoms with E-state index in [1.165, 1.54) is 0 Å². The Hall–Kier alpha value is -0.680. The van der Waals surface area contributed by atoms with Crippen molar-refractivity contribution < 1.29 is 4.74 Å². The van der Waals surface area contributed by atoms with Crippen LogP contribution in [-0.4, -0.2) is 29.7 Å². The molecule has 88 valence electrons. The van der Waals surface area contributed by atoms with Crippen LogP contribution in [0.4, 0.5) is 5.82 Å². The minimum Gasteiger partial charge on any atom is -0.381 e. The van der Waals surface area contributed by atoms with Gasteiger partial charge < -0.3 is 10.1 Å². The highest BCUT2D eigenvalue weighted by molar-refractivity contribution is 9.10. The van der Waals surface area contributed by atoms with Crippen molar-refractivity contribution in [1.82, 2.24) is 9.97 Å². The van der Waals surface area contributed by atoms with Crippen molar-refractivity contribution >= 4 is 21.7 Å².